The maximum absolute atomic E-state index is 3.76. The van der Waals surface area contributed by atoms with Crippen LogP contribution in [0, 0.1) is 0 Å². The molecule has 0 fully saturated rings. The summed E-state index contributed by atoms with van der Waals surface area (Å²) in [6.07, 6.45) is 0. The minimum atomic E-state index is 1.01. The van der Waals surface area contributed by atoms with Crippen LogP contribution in [0.2, 0.25) is 0 Å². The molecule has 8 heavy (non-hydrogen) atoms. The highest BCUT2D eigenvalue weighted by atomic mass is 15.2. The summed E-state index contributed by atoms with van der Waals surface area (Å²) in [5.41, 5.74) is 2.01. The number of nitrogens with zero attached hydrogens (tertiary/aromatic N) is 2. The summed E-state index contributed by atoms with van der Waals surface area (Å²) >= 11 is 0. The van der Waals surface area contributed by atoms with Crippen molar-refractivity contribution in [3.05, 3.63) is 24.3 Å². The van der Waals surface area contributed by atoms with Crippen LogP contribution in [-0.2, 0) is 0 Å². The summed E-state index contributed by atoms with van der Waals surface area (Å²) in [6, 6.07) is 7.80. The zero-order valence-electron chi connectivity index (χ0n) is 4.20. The lowest BCUT2D eigenvalue weighted by Gasteiger charge is -2.03. The molecule has 38 valence electrons. The van der Waals surface area contributed by atoms with Gasteiger partial charge in [-0.2, -0.15) is 0 Å². The largest absolute Gasteiger partial charge is 0.148 e. The van der Waals surface area contributed by atoms with Crippen molar-refractivity contribution in [2.24, 2.45) is 10.2 Å². The van der Waals surface area contributed by atoms with Crippen molar-refractivity contribution in [3.8, 4) is 0 Å². The highest BCUT2D eigenvalue weighted by Crippen LogP contribution is 2.36. The summed E-state index contributed by atoms with van der Waals surface area (Å²) in [5, 5.41) is 7.52. The van der Waals surface area contributed by atoms with Gasteiger partial charge in [0.15, 0.2) is 0 Å². The molecule has 2 nitrogen and oxygen atoms in total. The summed E-state index contributed by atoms with van der Waals surface area (Å²) in [5.74, 6) is 0. The van der Waals surface area contributed by atoms with Gasteiger partial charge in [0.25, 0.3) is 0 Å². The van der Waals surface area contributed by atoms with E-state index in [0.717, 1.165) is 11.4 Å². The number of fused-ring (bicyclic) bond motifs is 1. The van der Waals surface area contributed by atoms with Gasteiger partial charge in [-0.15, -0.1) is 10.2 Å². The number of hydrogen-bond acceptors (Lipinski definition) is 2. The Morgan fingerprint density at radius 1 is 0.875 bits per heavy atom. The predicted octanol–water partition coefficient (Wildman–Crippen LogP) is 2.42. The van der Waals surface area contributed by atoms with E-state index in [0.29, 0.717) is 0 Å². The van der Waals surface area contributed by atoms with Gasteiger partial charge in [0, 0.05) is 0 Å². The van der Waals surface area contributed by atoms with Crippen LogP contribution < -0.4 is 0 Å². The molecule has 1 heterocycles. The maximum atomic E-state index is 3.76. The molecule has 0 aliphatic carbocycles. The molecule has 0 aromatic heterocycles. The van der Waals surface area contributed by atoms with Crippen LogP contribution in [0.25, 0.3) is 0 Å². The van der Waals surface area contributed by atoms with Gasteiger partial charge in [-0.25, -0.2) is 0 Å². The summed E-state index contributed by atoms with van der Waals surface area (Å²) in [4.78, 5) is 0. The second-order valence-electron chi connectivity index (χ2n) is 1.69. The first-order valence-electron chi connectivity index (χ1n) is 2.47. The van der Waals surface area contributed by atoms with Crippen LogP contribution in [0.4, 0.5) is 11.4 Å². The average Bonchev–Trinajstić information content (AvgIpc) is 1.72. The van der Waals surface area contributed by atoms with Crippen molar-refractivity contribution in [3.63, 3.8) is 0 Å². The van der Waals surface area contributed by atoms with Gasteiger partial charge in [-0.05, 0) is 12.1 Å². The third-order valence-corrected chi connectivity index (χ3v) is 1.15. The third kappa shape index (κ3) is 0.320. The van der Waals surface area contributed by atoms with Crippen LogP contribution in [0.1, 0.15) is 0 Å². The topological polar surface area (TPSA) is 24.7 Å². The lowest BCUT2D eigenvalue weighted by Crippen LogP contribution is -1.72. The lowest BCUT2D eigenvalue weighted by molar-refractivity contribution is 1.14. The minimum Gasteiger partial charge on any atom is -0.148 e. The van der Waals surface area contributed by atoms with Crippen LogP contribution >= 0.6 is 0 Å². The molecule has 0 saturated heterocycles. The molecule has 1 aromatic rings. The number of azo groups is 1. The second-order valence-corrected chi connectivity index (χ2v) is 1.69. The Morgan fingerprint density at radius 2 is 1.38 bits per heavy atom. The number of benzene rings is 1. The molecule has 0 saturated carbocycles. The molecule has 0 bridgehead atoms. The zero-order chi connectivity index (χ0) is 5.40. The quantitative estimate of drug-likeness (QED) is 0.490. The normalized spacial score (nSPS) is 12.5. The van der Waals surface area contributed by atoms with Crippen LogP contribution in [0.3, 0.4) is 0 Å². The molecule has 2 heteroatoms. The van der Waals surface area contributed by atoms with Gasteiger partial charge in [-0.1, -0.05) is 12.1 Å². The van der Waals surface area contributed by atoms with Crippen LogP contribution in [0.5, 0.6) is 0 Å². The Bertz CT molecular complexity index is 215. The van der Waals surface area contributed by atoms with Gasteiger partial charge in [-0.3, -0.25) is 0 Å². The van der Waals surface area contributed by atoms with Crippen molar-refractivity contribution in [2.75, 3.05) is 0 Å². The molecule has 1 aliphatic rings. The first kappa shape index (κ1) is 3.78. The van der Waals surface area contributed by atoms with Crippen molar-refractivity contribution < 1.29 is 0 Å². The molecule has 0 N–H and O–H groups in total. The van der Waals surface area contributed by atoms with E-state index in [1.54, 1.807) is 0 Å². The van der Waals surface area contributed by atoms with E-state index in [9.17, 15) is 0 Å². The fraction of sp³-hybridized carbons (Fsp3) is 0. The van der Waals surface area contributed by atoms with Gasteiger partial charge in [0.05, 0.1) is 0 Å². The summed E-state index contributed by atoms with van der Waals surface area (Å²) in [7, 11) is 0. The monoisotopic (exact) mass is 104 g/mol. The Balaban J connectivity index is 2.69. The molecule has 1 aliphatic heterocycles. The van der Waals surface area contributed by atoms with Crippen LogP contribution in [-0.4, -0.2) is 0 Å². The van der Waals surface area contributed by atoms with E-state index in [1.807, 2.05) is 24.3 Å². The maximum Gasteiger partial charge on any atom is 0.113 e. The van der Waals surface area contributed by atoms with Crippen LogP contribution in [0.15, 0.2) is 34.5 Å². The average molecular weight is 104 g/mol. The SMILES string of the molecule is c1ccc2c(c1)N=N2. The van der Waals surface area contributed by atoms with Crippen molar-refractivity contribution >= 4 is 11.4 Å². The predicted molar refractivity (Wildman–Crippen MR) is 30.6 cm³/mol. The third-order valence-electron chi connectivity index (χ3n) is 1.15. The van der Waals surface area contributed by atoms with E-state index in [-0.39, 0.29) is 0 Å². The van der Waals surface area contributed by atoms with Crippen molar-refractivity contribution in [2.45, 2.75) is 0 Å². The Hall–Kier alpha value is -1.18. The lowest BCUT2D eigenvalue weighted by atomic mass is 10.2. The number of hydrogen-bond donors (Lipinski definition) is 0. The fourth-order valence-corrected chi connectivity index (χ4v) is 0.696. The molecule has 0 unspecified atom stereocenters. The Morgan fingerprint density at radius 3 is 1.62 bits per heavy atom. The second kappa shape index (κ2) is 1.15. The van der Waals surface area contributed by atoms with E-state index in [4.69, 9.17) is 0 Å². The van der Waals surface area contributed by atoms with E-state index >= 15 is 0 Å². The van der Waals surface area contributed by atoms with E-state index in [2.05, 4.69) is 10.2 Å². The standard InChI is InChI=1S/C6H4N2/c1-2-4-6-5(3-1)7-8-6/h1-4H. The highest BCUT2D eigenvalue weighted by Gasteiger charge is 2.04. The molecule has 2 rings (SSSR count). The highest BCUT2D eigenvalue weighted by molar-refractivity contribution is 5.65. The fourth-order valence-electron chi connectivity index (χ4n) is 0.696. The molecule has 0 amide bonds. The number of rotatable bonds is 0. The summed E-state index contributed by atoms with van der Waals surface area (Å²) < 4.78 is 0. The first-order valence-corrected chi connectivity index (χ1v) is 2.47. The minimum absolute atomic E-state index is 1.01. The van der Waals surface area contributed by atoms with Gasteiger partial charge < -0.3 is 0 Å². The molecule has 0 spiro atoms. The molecule has 0 atom stereocenters. The van der Waals surface area contributed by atoms with E-state index < -0.39 is 0 Å². The summed E-state index contributed by atoms with van der Waals surface area (Å²) in [6.45, 7) is 0. The molecule has 1 aromatic carbocycles. The van der Waals surface area contributed by atoms with Gasteiger partial charge in [0.1, 0.15) is 11.4 Å². The Labute approximate surface area is 46.9 Å². The molecular weight excluding hydrogens is 100 g/mol. The van der Waals surface area contributed by atoms with Crippen molar-refractivity contribution in [1.82, 2.24) is 0 Å². The van der Waals surface area contributed by atoms with E-state index in [1.165, 1.54) is 0 Å². The first-order chi connectivity index (χ1) is 3.97. The smallest absolute Gasteiger partial charge is 0.113 e. The zero-order valence-corrected chi connectivity index (χ0v) is 4.20. The molecule has 0 radical (unpaired) electrons. The van der Waals surface area contributed by atoms with Crippen molar-refractivity contribution in [1.29, 1.82) is 0 Å². The van der Waals surface area contributed by atoms with Gasteiger partial charge in [0.2, 0.25) is 0 Å². The molecular formula is C6H4N2. The Kier molecular flexibility index (Phi) is 0.545. The van der Waals surface area contributed by atoms with Gasteiger partial charge >= 0.3 is 0 Å².